The number of rotatable bonds is 3. The van der Waals surface area contributed by atoms with Gasteiger partial charge in [-0.15, -0.1) is 0 Å². The molecule has 1 rings (SSSR count). The number of ketones is 1. The lowest BCUT2D eigenvalue weighted by Gasteiger charge is -2.15. The van der Waals surface area contributed by atoms with E-state index in [4.69, 9.17) is 9.47 Å². The molecular formula is C10H14O4. The van der Waals surface area contributed by atoms with Crippen molar-refractivity contribution in [3.8, 4) is 0 Å². The average Bonchev–Trinajstić information content (AvgIpc) is 2.38. The first kappa shape index (κ1) is 11.1. The van der Waals surface area contributed by atoms with Crippen LogP contribution in [0.4, 0.5) is 0 Å². The number of carbonyl (C=O) groups is 2. The second-order valence-electron chi connectivity index (χ2n) is 3.65. The van der Waals surface area contributed by atoms with Crippen LogP contribution >= 0.6 is 0 Å². The molecule has 0 unspecified atom stereocenters. The third kappa shape index (κ3) is 2.49. The number of carbonyl (C=O) groups excluding carboxylic acids is 2. The van der Waals surface area contributed by atoms with Gasteiger partial charge in [-0.2, -0.15) is 0 Å². The van der Waals surface area contributed by atoms with Crippen LogP contribution in [-0.4, -0.2) is 30.1 Å². The topological polar surface area (TPSA) is 52.6 Å². The summed E-state index contributed by atoms with van der Waals surface area (Å²) in [6.45, 7) is 4.91. The Morgan fingerprint density at radius 3 is 2.50 bits per heavy atom. The maximum atomic E-state index is 11.2. The van der Waals surface area contributed by atoms with E-state index in [2.05, 4.69) is 0 Å². The van der Waals surface area contributed by atoms with Crippen LogP contribution in [0.25, 0.3) is 0 Å². The van der Waals surface area contributed by atoms with Crippen LogP contribution in [0.3, 0.4) is 0 Å². The molecule has 2 atom stereocenters. The van der Waals surface area contributed by atoms with Gasteiger partial charge in [0.25, 0.3) is 0 Å². The molecule has 0 bridgehead atoms. The van der Waals surface area contributed by atoms with Crippen molar-refractivity contribution < 1.29 is 19.1 Å². The van der Waals surface area contributed by atoms with Crippen LogP contribution in [0.1, 0.15) is 20.8 Å². The molecule has 0 spiro atoms. The largest absolute Gasteiger partial charge is 0.340 e. The average molecular weight is 198 g/mol. The third-order valence-corrected chi connectivity index (χ3v) is 1.91. The molecule has 0 N–H and O–H groups in total. The highest BCUT2D eigenvalue weighted by molar-refractivity contribution is 5.82. The van der Waals surface area contributed by atoms with Crippen molar-refractivity contribution in [3.05, 3.63) is 12.2 Å². The number of hydrogen-bond donors (Lipinski definition) is 0. The summed E-state index contributed by atoms with van der Waals surface area (Å²) in [5, 5.41) is 0. The first-order valence-electron chi connectivity index (χ1n) is 4.44. The molecule has 0 aromatic rings. The summed E-state index contributed by atoms with van der Waals surface area (Å²) in [5.41, 5.74) is 0. The summed E-state index contributed by atoms with van der Waals surface area (Å²) < 4.78 is 10.8. The zero-order valence-electron chi connectivity index (χ0n) is 8.52. The first-order chi connectivity index (χ1) is 6.46. The summed E-state index contributed by atoms with van der Waals surface area (Å²) in [6, 6.07) is 0. The van der Waals surface area contributed by atoms with Crippen molar-refractivity contribution in [2.45, 2.75) is 38.8 Å². The molecule has 0 aromatic heterocycles. The molecule has 4 heteroatoms. The number of aldehydes is 1. The molecular weight excluding hydrogens is 184 g/mol. The van der Waals surface area contributed by atoms with E-state index in [0.717, 1.165) is 0 Å². The zero-order valence-corrected chi connectivity index (χ0v) is 8.52. The highest BCUT2D eigenvalue weighted by atomic mass is 16.8. The number of hydrogen-bond acceptors (Lipinski definition) is 4. The molecule has 4 nitrogen and oxygen atoms in total. The Labute approximate surface area is 82.9 Å². The van der Waals surface area contributed by atoms with Crippen LogP contribution in [0.5, 0.6) is 0 Å². The minimum absolute atomic E-state index is 0.101. The molecule has 0 saturated carbocycles. The Balaban J connectivity index is 2.77. The van der Waals surface area contributed by atoms with E-state index in [1.54, 1.807) is 13.8 Å². The second kappa shape index (κ2) is 4.02. The lowest BCUT2D eigenvalue weighted by atomic mass is 10.1. The van der Waals surface area contributed by atoms with Crippen molar-refractivity contribution in [2.24, 2.45) is 0 Å². The monoisotopic (exact) mass is 198 g/mol. The van der Waals surface area contributed by atoms with E-state index in [0.29, 0.717) is 6.29 Å². The van der Waals surface area contributed by atoms with Gasteiger partial charge in [0.1, 0.15) is 18.5 Å². The quantitative estimate of drug-likeness (QED) is 0.498. The fourth-order valence-corrected chi connectivity index (χ4v) is 1.40. The Morgan fingerprint density at radius 1 is 1.36 bits per heavy atom. The van der Waals surface area contributed by atoms with Gasteiger partial charge in [-0.25, -0.2) is 0 Å². The molecule has 14 heavy (non-hydrogen) atoms. The molecule has 1 aliphatic rings. The predicted molar refractivity (Wildman–Crippen MR) is 49.7 cm³/mol. The molecule has 1 heterocycles. The maximum Gasteiger partial charge on any atom is 0.164 e. The zero-order chi connectivity index (χ0) is 10.8. The van der Waals surface area contributed by atoms with Crippen LogP contribution in [0, 0.1) is 0 Å². The minimum Gasteiger partial charge on any atom is -0.340 e. The Bertz CT molecular complexity index is 267. The minimum atomic E-state index is -0.770. The standard InChI is InChI=1S/C10H14O4/c1-7(12)9-8(5-4-6-11)13-10(2,3)14-9/h4-6,8-9H,1-3H3/b5-4-/t8-,9+/m0/s1. The second-order valence-corrected chi connectivity index (χ2v) is 3.65. The van der Waals surface area contributed by atoms with E-state index in [-0.39, 0.29) is 5.78 Å². The summed E-state index contributed by atoms with van der Waals surface area (Å²) in [7, 11) is 0. The Hall–Kier alpha value is -1.00. The van der Waals surface area contributed by atoms with Gasteiger partial charge in [-0.1, -0.05) is 0 Å². The Kier molecular flexibility index (Phi) is 3.18. The number of allylic oxidation sites excluding steroid dienone is 1. The van der Waals surface area contributed by atoms with Gasteiger partial charge >= 0.3 is 0 Å². The van der Waals surface area contributed by atoms with Gasteiger partial charge in [0.15, 0.2) is 11.6 Å². The van der Waals surface area contributed by atoms with E-state index in [1.807, 2.05) is 0 Å². The van der Waals surface area contributed by atoms with Gasteiger partial charge in [-0.3, -0.25) is 9.59 Å². The molecule has 0 aliphatic carbocycles. The van der Waals surface area contributed by atoms with Crippen LogP contribution < -0.4 is 0 Å². The van der Waals surface area contributed by atoms with Crippen molar-refractivity contribution in [1.82, 2.24) is 0 Å². The van der Waals surface area contributed by atoms with Gasteiger partial charge in [-0.05, 0) is 32.9 Å². The highest BCUT2D eigenvalue weighted by Gasteiger charge is 2.42. The summed E-state index contributed by atoms with van der Waals surface area (Å²) in [4.78, 5) is 21.3. The fraction of sp³-hybridized carbons (Fsp3) is 0.600. The van der Waals surface area contributed by atoms with Gasteiger partial charge in [0, 0.05) is 0 Å². The highest BCUT2D eigenvalue weighted by Crippen LogP contribution is 2.29. The SMILES string of the molecule is CC(=O)[C@H]1OC(C)(C)O[C@H]1/C=C\C=O. The van der Waals surface area contributed by atoms with E-state index >= 15 is 0 Å². The van der Waals surface area contributed by atoms with E-state index in [1.165, 1.54) is 19.1 Å². The molecule has 1 fully saturated rings. The van der Waals surface area contributed by atoms with Crippen LogP contribution in [0.15, 0.2) is 12.2 Å². The third-order valence-electron chi connectivity index (χ3n) is 1.91. The smallest absolute Gasteiger partial charge is 0.164 e. The molecule has 0 radical (unpaired) electrons. The van der Waals surface area contributed by atoms with Crippen molar-refractivity contribution in [2.75, 3.05) is 0 Å². The molecule has 78 valence electrons. The van der Waals surface area contributed by atoms with Crippen molar-refractivity contribution in [1.29, 1.82) is 0 Å². The normalized spacial score (nSPS) is 30.8. The molecule has 1 saturated heterocycles. The van der Waals surface area contributed by atoms with E-state index in [9.17, 15) is 9.59 Å². The van der Waals surface area contributed by atoms with Crippen LogP contribution in [0.2, 0.25) is 0 Å². The van der Waals surface area contributed by atoms with Crippen molar-refractivity contribution in [3.63, 3.8) is 0 Å². The molecule has 1 aliphatic heterocycles. The van der Waals surface area contributed by atoms with Gasteiger partial charge in [0.05, 0.1) is 0 Å². The lowest BCUT2D eigenvalue weighted by Crippen LogP contribution is -2.28. The van der Waals surface area contributed by atoms with Crippen molar-refractivity contribution >= 4 is 12.1 Å². The summed E-state index contributed by atoms with van der Waals surface area (Å²) in [6.07, 6.45) is 2.42. The van der Waals surface area contributed by atoms with Gasteiger partial charge < -0.3 is 9.47 Å². The molecule has 0 aromatic carbocycles. The lowest BCUT2D eigenvalue weighted by molar-refractivity contribution is -0.152. The number of ether oxygens (including phenoxy) is 2. The summed E-state index contributed by atoms with van der Waals surface area (Å²) >= 11 is 0. The summed E-state index contributed by atoms with van der Waals surface area (Å²) in [5.74, 6) is -0.870. The first-order valence-corrected chi connectivity index (χ1v) is 4.44. The van der Waals surface area contributed by atoms with Crippen LogP contribution in [-0.2, 0) is 19.1 Å². The molecule has 0 amide bonds. The van der Waals surface area contributed by atoms with E-state index < -0.39 is 18.0 Å². The maximum absolute atomic E-state index is 11.2. The fourth-order valence-electron chi connectivity index (χ4n) is 1.40. The number of Topliss-reactive ketones (excluding diaryl/α,β-unsaturated/α-hetero) is 1. The predicted octanol–water partition coefficient (Wildman–Crippen LogP) is 0.851. The Morgan fingerprint density at radius 2 is 2.00 bits per heavy atom. The van der Waals surface area contributed by atoms with Gasteiger partial charge in [0.2, 0.25) is 0 Å².